The Morgan fingerprint density at radius 2 is 1.89 bits per heavy atom. The molecule has 0 unspecified atom stereocenters. The highest BCUT2D eigenvalue weighted by Crippen LogP contribution is 2.17. The molecule has 104 valence electrons. The average molecular weight is 267 g/mol. The lowest BCUT2D eigenvalue weighted by molar-refractivity contribution is -0.136. The number of ether oxygens (including phenoxy) is 2. The summed E-state index contributed by atoms with van der Waals surface area (Å²) in [4.78, 5) is 23.5. The fourth-order valence-corrected chi connectivity index (χ4v) is 1.63. The highest BCUT2D eigenvalue weighted by atomic mass is 16.5. The van der Waals surface area contributed by atoms with Gasteiger partial charge in [-0.25, -0.2) is 9.59 Å². The zero-order chi connectivity index (χ0) is 14.4. The monoisotopic (exact) mass is 267 g/mol. The van der Waals surface area contributed by atoms with E-state index in [0.717, 1.165) is 0 Å². The quantitative estimate of drug-likeness (QED) is 0.501. The second kappa shape index (κ2) is 6.63. The van der Waals surface area contributed by atoms with Gasteiger partial charge in [0.1, 0.15) is 12.0 Å². The number of aliphatic hydroxyl groups is 1. The molecule has 1 N–H and O–H groups in total. The molecule has 1 rings (SSSR count). The van der Waals surface area contributed by atoms with Gasteiger partial charge in [0, 0.05) is 5.69 Å². The third-order valence-electron chi connectivity index (χ3n) is 2.41. The van der Waals surface area contributed by atoms with E-state index in [-0.39, 0.29) is 24.6 Å². The summed E-state index contributed by atoms with van der Waals surface area (Å²) in [5, 5.41) is 9.22. The van der Waals surface area contributed by atoms with E-state index in [1.165, 1.54) is 10.6 Å². The van der Waals surface area contributed by atoms with E-state index in [1.54, 1.807) is 26.8 Å². The molecule has 0 aliphatic heterocycles. The van der Waals surface area contributed by atoms with Crippen molar-refractivity contribution >= 4 is 17.6 Å². The Hall–Kier alpha value is -2.24. The topological polar surface area (TPSA) is 77.8 Å². The number of aliphatic hydroxyl groups excluding tert-OH is 1. The Labute approximate surface area is 111 Å². The van der Waals surface area contributed by atoms with Crippen LogP contribution >= 0.6 is 0 Å². The van der Waals surface area contributed by atoms with Crippen LogP contribution in [0.2, 0.25) is 0 Å². The molecule has 19 heavy (non-hydrogen) atoms. The predicted octanol–water partition coefficient (Wildman–Crippen LogP) is 1.89. The number of nitrogens with zero attached hydrogens (tertiary/aromatic N) is 1. The lowest BCUT2D eigenvalue weighted by Gasteiger charge is -2.12. The molecule has 6 heteroatoms. The van der Waals surface area contributed by atoms with Crippen molar-refractivity contribution in [1.82, 2.24) is 4.57 Å². The summed E-state index contributed by atoms with van der Waals surface area (Å²) in [7, 11) is 0. The molecule has 6 nitrogen and oxygen atoms in total. The summed E-state index contributed by atoms with van der Waals surface area (Å²) in [5.74, 6) is -1.28. The number of hydrogen-bond acceptors (Lipinski definition) is 5. The molecular formula is C13H17NO5. The van der Waals surface area contributed by atoms with Crippen molar-refractivity contribution in [3.8, 4) is 0 Å². The van der Waals surface area contributed by atoms with Crippen molar-refractivity contribution in [3.63, 3.8) is 0 Å². The fraction of sp³-hybridized carbons (Fsp3) is 0.385. The number of carbonyl (C=O) groups is 2. The van der Waals surface area contributed by atoms with E-state index in [9.17, 15) is 14.7 Å². The molecule has 0 spiro atoms. The number of esters is 2. The summed E-state index contributed by atoms with van der Waals surface area (Å²) in [5.41, 5.74) is 0.636. The number of aryl methyl sites for hydroxylation is 1. The third-order valence-corrected chi connectivity index (χ3v) is 2.41. The summed E-state index contributed by atoms with van der Waals surface area (Å²) in [6.45, 7) is 5.44. The molecule has 0 aliphatic rings. The molecule has 0 aromatic carbocycles. The Morgan fingerprint density at radius 3 is 2.42 bits per heavy atom. The first-order valence-corrected chi connectivity index (χ1v) is 5.94. The number of rotatable bonds is 5. The van der Waals surface area contributed by atoms with Gasteiger partial charge in [-0.05, 0) is 32.9 Å². The molecule has 0 amide bonds. The summed E-state index contributed by atoms with van der Waals surface area (Å²) in [6.07, 6.45) is 0.619. The minimum atomic E-state index is -0.713. The van der Waals surface area contributed by atoms with Crippen LogP contribution in [-0.4, -0.2) is 34.8 Å². The second-order valence-corrected chi connectivity index (χ2v) is 3.65. The first-order valence-electron chi connectivity index (χ1n) is 5.94. The van der Waals surface area contributed by atoms with Crippen LogP contribution in [0.15, 0.2) is 18.4 Å². The molecule has 0 fully saturated rings. The van der Waals surface area contributed by atoms with Crippen LogP contribution in [0, 0.1) is 6.92 Å². The molecule has 1 aromatic heterocycles. The van der Waals surface area contributed by atoms with E-state index in [0.29, 0.717) is 12.0 Å². The normalized spacial score (nSPS) is 11.2. The molecule has 0 aliphatic carbocycles. The van der Waals surface area contributed by atoms with Gasteiger partial charge < -0.3 is 14.6 Å². The Balaban J connectivity index is 3.21. The average Bonchev–Trinajstić information content (AvgIpc) is 2.74. The van der Waals surface area contributed by atoms with Crippen LogP contribution in [0.3, 0.4) is 0 Å². The van der Waals surface area contributed by atoms with E-state index < -0.39 is 11.9 Å². The minimum absolute atomic E-state index is 0.132. The molecule has 0 saturated carbocycles. The zero-order valence-electron chi connectivity index (χ0n) is 11.2. The van der Waals surface area contributed by atoms with Crippen molar-refractivity contribution in [2.24, 2.45) is 0 Å². The van der Waals surface area contributed by atoms with Crippen molar-refractivity contribution in [2.75, 3.05) is 13.2 Å². The lowest BCUT2D eigenvalue weighted by atomic mass is 10.4. The van der Waals surface area contributed by atoms with Crippen LogP contribution < -0.4 is 0 Å². The van der Waals surface area contributed by atoms with E-state index in [1.807, 2.05) is 0 Å². The fourth-order valence-electron chi connectivity index (χ4n) is 1.63. The van der Waals surface area contributed by atoms with Crippen LogP contribution in [0.1, 0.15) is 30.0 Å². The molecule has 1 aromatic rings. The second-order valence-electron chi connectivity index (χ2n) is 3.65. The first-order chi connectivity index (χ1) is 9.06. The van der Waals surface area contributed by atoms with E-state index >= 15 is 0 Å². The Bertz CT molecular complexity index is 501. The zero-order valence-corrected chi connectivity index (χ0v) is 11.2. The van der Waals surface area contributed by atoms with Crippen LogP contribution in [0.4, 0.5) is 0 Å². The molecule has 0 atom stereocenters. The molecule has 0 saturated heterocycles. The first kappa shape index (κ1) is 14.8. The number of hydrogen-bond donors (Lipinski definition) is 1. The standard InChI is InChI=1S/C13H17NO5/c1-4-18-12(16)10-7-6-9(3)14(10)11(8-15)13(17)19-5-2/h6-8,15H,4-5H2,1-3H3/b11-8-. The van der Waals surface area contributed by atoms with Crippen LogP contribution in [-0.2, 0) is 14.3 Å². The maximum Gasteiger partial charge on any atom is 0.358 e. The minimum Gasteiger partial charge on any atom is -0.513 e. The largest absolute Gasteiger partial charge is 0.513 e. The van der Waals surface area contributed by atoms with Crippen molar-refractivity contribution in [1.29, 1.82) is 0 Å². The summed E-state index contributed by atoms with van der Waals surface area (Å²) in [6, 6.07) is 3.17. The third kappa shape index (κ3) is 3.15. The lowest BCUT2D eigenvalue weighted by Crippen LogP contribution is -2.19. The van der Waals surface area contributed by atoms with Crippen LogP contribution in [0.25, 0.3) is 5.70 Å². The van der Waals surface area contributed by atoms with Gasteiger partial charge in [0.2, 0.25) is 0 Å². The molecular weight excluding hydrogens is 250 g/mol. The van der Waals surface area contributed by atoms with Gasteiger partial charge in [-0.15, -0.1) is 0 Å². The highest BCUT2D eigenvalue weighted by Gasteiger charge is 2.22. The smallest absolute Gasteiger partial charge is 0.358 e. The number of aromatic nitrogens is 1. The van der Waals surface area contributed by atoms with Crippen molar-refractivity contribution in [2.45, 2.75) is 20.8 Å². The van der Waals surface area contributed by atoms with Crippen molar-refractivity contribution in [3.05, 3.63) is 29.8 Å². The molecule has 0 radical (unpaired) electrons. The molecule has 0 bridgehead atoms. The van der Waals surface area contributed by atoms with Gasteiger partial charge >= 0.3 is 11.9 Å². The van der Waals surface area contributed by atoms with E-state index in [2.05, 4.69) is 0 Å². The summed E-state index contributed by atoms with van der Waals surface area (Å²) >= 11 is 0. The van der Waals surface area contributed by atoms with Crippen molar-refractivity contribution < 1.29 is 24.2 Å². The number of carbonyl (C=O) groups excluding carboxylic acids is 2. The van der Waals surface area contributed by atoms with Gasteiger partial charge in [-0.1, -0.05) is 0 Å². The van der Waals surface area contributed by atoms with Gasteiger partial charge in [0.05, 0.1) is 13.2 Å². The maximum absolute atomic E-state index is 11.8. The van der Waals surface area contributed by atoms with Gasteiger partial charge in [0.25, 0.3) is 0 Å². The van der Waals surface area contributed by atoms with Crippen LogP contribution in [0.5, 0.6) is 0 Å². The Kier molecular flexibility index (Phi) is 5.17. The van der Waals surface area contributed by atoms with Gasteiger partial charge in [0.15, 0.2) is 5.70 Å². The molecule has 1 heterocycles. The highest BCUT2D eigenvalue weighted by molar-refractivity contribution is 6.11. The Morgan fingerprint density at radius 1 is 1.26 bits per heavy atom. The van der Waals surface area contributed by atoms with Gasteiger partial charge in [-0.3, -0.25) is 4.57 Å². The maximum atomic E-state index is 11.8. The SMILES string of the molecule is CCOC(=O)/C(=C/O)n1c(C)ccc1C(=O)OCC. The summed E-state index contributed by atoms with van der Waals surface area (Å²) < 4.78 is 11.0. The van der Waals surface area contributed by atoms with Gasteiger partial charge in [-0.2, -0.15) is 0 Å². The predicted molar refractivity (Wildman–Crippen MR) is 68.7 cm³/mol. The van der Waals surface area contributed by atoms with E-state index in [4.69, 9.17) is 9.47 Å².